The molecule has 15 heteroatoms. The topological polar surface area (TPSA) is 96.8 Å². The van der Waals surface area contributed by atoms with Crippen molar-refractivity contribution < 1.29 is 49.4 Å². The van der Waals surface area contributed by atoms with Gasteiger partial charge in [-0.15, -0.1) is 11.8 Å². The zero-order valence-corrected chi connectivity index (χ0v) is 15.9. The van der Waals surface area contributed by atoms with E-state index >= 15 is 0 Å². The monoisotopic (exact) mass is 468 g/mol. The molecule has 29 heavy (non-hydrogen) atoms. The van der Waals surface area contributed by atoms with Crippen LogP contribution < -0.4 is 4.74 Å². The molecule has 3 heterocycles. The summed E-state index contributed by atoms with van der Waals surface area (Å²) in [6.45, 7) is -0.237. The van der Waals surface area contributed by atoms with Crippen molar-refractivity contribution >= 4 is 27.8 Å². The second-order valence-electron chi connectivity index (χ2n) is 6.15. The molecule has 2 fully saturated rings. The van der Waals surface area contributed by atoms with Gasteiger partial charge < -0.3 is 9.84 Å². The molecule has 1 unspecified atom stereocenters. The average Bonchev–Trinajstić information content (AvgIpc) is 2.97. The molecule has 1 spiro atoms. The molecule has 3 rings (SSSR count). The van der Waals surface area contributed by atoms with Crippen LogP contribution in [0, 0.1) is 0 Å². The zero-order valence-electron chi connectivity index (χ0n) is 14.3. The fourth-order valence-electron chi connectivity index (χ4n) is 2.62. The number of sulfonamides is 1. The predicted octanol–water partition coefficient (Wildman–Crippen LogP) is 2.50. The first-order valence-corrected chi connectivity index (χ1v) is 10.2. The third kappa shape index (κ3) is 5.66. The highest BCUT2D eigenvalue weighted by atomic mass is 32.2. The zero-order chi connectivity index (χ0) is 22.1. The molecule has 2 aliphatic rings. The van der Waals surface area contributed by atoms with E-state index in [9.17, 15) is 34.8 Å². The van der Waals surface area contributed by atoms with Gasteiger partial charge in [-0.2, -0.15) is 30.6 Å². The number of hydrogen-bond acceptors (Lipinski definition) is 6. The first-order chi connectivity index (χ1) is 13.2. The smallest absolute Gasteiger partial charge is 0.488 e. The quantitative estimate of drug-likeness (QED) is 0.681. The van der Waals surface area contributed by atoms with E-state index in [0.29, 0.717) is 22.2 Å². The van der Waals surface area contributed by atoms with Gasteiger partial charge in [-0.25, -0.2) is 13.2 Å². The molecule has 164 valence electrons. The van der Waals surface area contributed by atoms with Crippen LogP contribution in [0.4, 0.5) is 26.3 Å². The number of rotatable bonds is 3. The Balaban J connectivity index is 0.000000370. The van der Waals surface area contributed by atoms with Crippen LogP contribution in [0.25, 0.3) is 0 Å². The van der Waals surface area contributed by atoms with Gasteiger partial charge in [0.25, 0.3) is 0 Å². The number of nitrogens with zero attached hydrogens (tertiary/aromatic N) is 2. The molecule has 2 aliphatic heterocycles. The van der Waals surface area contributed by atoms with Gasteiger partial charge in [0, 0.05) is 36.2 Å². The Morgan fingerprint density at radius 3 is 2.31 bits per heavy atom. The molecule has 0 amide bonds. The highest BCUT2D eigenvalue weighted by Gasteiger charge is 2.60. The maximum absolute atomic E-state index is 12.5. The van der Waals surface area contributed by atoms with E-state index in [1.54, 1.807) is 24.5 Å². The molecule has 0 aromatic carbocycles. The van der Waals surface area contributed by atoms with Crippen LogP contribution in [-0.4, -0.2) is 70.2 Å². The Kier molecular flexibility index (Phi) is 6.64. The van der Waals surface area contributed by atoms with Gasteiger partial charge in [0.05, 0.1) is 6.20 Å². The number of halogens is 6. The summed E-state index contributed by atoms with van der Waals surface area (Å²) >= 11 is 1.47. The van der Waals surface area contributed by atoms with E-state index in [0.717, 1.165) is 0 Å². The summed E-state index contributed by atoms with van der Waals surface area (Å²) in [5, 5.41) is 7.12. The Hall–Kier alpha value is -1.74. The Bertz CT molecular complexity index is 825. The number of aromatic nitrogens is 1. The average molecular weight is 468 g/mol. The molecule has 7 nitrogen and oxygen atoms in total. The predicted molar refractivity (Wildman–Crippen MR) is 88.7 cm³/mol. The minimum atomic E-state index is -5.23. The van der Waals surface area contributed by atoms with Gasteiger partial charge in [0.2, 0.25) is 0 Å². The molecule has 1 atom stereocenters. The lowest BCUT2D eigenvalue weighted by molar-refractivity contribution is -0.192. The Morgan fingerprint density at radius 2 is 1.86 bits per heavy atom. The number of alkyl halides is 6. The number of ether oxygens (including phenoxy) is 1. The first-order valence-electron chi connectivity index (χ1n) is 7.73. The summed E-state index contributed by atoms with van der Waals surface area (Å²) in [5.41, 5.74) is -5.23. The molecule has 1 N–H and O–H groups in total. The van der Waals surface area contributed by atoms with Crippen molar-refractivity contribution in [2.45, 2.75) is 29.0 Å². The molecule has 1 aromatic rings. The third-order valence-electron chi connectivity index (χ3n) is 3.92. The van der Waals surface area contributed by atoms with Crippen LogP contribution in [0.1, 0.15) is 6.42 Å². The number of hydrogen-bond donors (Lipinski definition) is 1. The van der Waals surface area contributed by atoms with Crippen LogP contribution in [0.5, 0.6) is 5.75 Å². The van der Waals surface area contributed by atoms with E-state index < -0.39 is 32.4 Å². The van der Waals surface area contributed by atoms with Crippen LogP contribution in [0.15, 0.2) is 24.5 Å². The molecule has 0 bridgehead atoms. The summed E-state index contributed by atoms with van der Waals surface area (Å²) in [5.74, 6) is -1.54. The van der Waals surface area contributed by atoms with E-state index in [-0.39, 0.29) is 19.2 Å². The minimum absolute atomic E-state index is 0.119. The van der Waals surface area contributed by atoms with Gasteiger partial charge in [0.15, 0.2) is 0 Å². The largest absolute Gasteiger partial charge is 0.511 e. The van der Waals surface area contributed by atoms with Crippen molar-refractivity contribution in [3.8, 4) is 5.75 Å². The Labute approximate surface area is 165 Å². The molecule has 0 radical (unpaired) electrons. The maximum Gasteiger partial charge on any atom is 0.511 e. The van der Waals surface area contributed by atoms with Gasteiger partial charge in [-0.3, -0.25) is 4.98 Å². The summed E-state index contributed by atoms with van der Waals surface area (Å²) < 4.78 is 97.5. The molecule has 1 aromatic heterocycles. The second-order valence-corrected chi connectivity index (χ2v) is 9.57. The minimum Gasteiger partial charge on any atom is -0.488 e. The van der Waals surface area contributed by atoms with Crippen molar-refractivity contribution in [1.29, 1.82) is 0 Å². The summed E-state index contributed by atoms with van der Waals surface area (Å²) in [6.07, 6.45) is -1.53. The third-order valence-corrected chi connectivity index (χ3v) is 7.01. The highest BCUT2D eigenvalue weighted by molar-refractivity contribution is 8.01. The van der Waals surface area contributed by atoms with Crippen molar-refractivity contribution in [2.75, 3.05) is 18.8 Å². The second kappa shape index (κ2) is 8.18. The van der Waals surface area contributed by atoms with Crippen LogP contribution in [0.3, 0.4) is 0 Å². The number of carboxylic acids is 1. The lowest BCUT2D eigenvalue weighted by atomic mass is 9.95. The standard InChI is InChI=1S/C12H13F3N2O3S2.C2HF3O2/c13-12(14,15)22(18,19)17-7-11(8-17)4-10(6-21-11)20-9-2-1-3-16-5-9;3-2(4,5)1(6)7/h1-3,5,10H,4,6-8H2;(H,6,7). The number of pyridine rings is 1. The summed E-state index contributed by atoms with van der Waals surface area (Å²) in [4.78, 5) is 12.8. The number of thioether (sulfide) groups is 1. The van der Waals surface area contributed by atoms with Crippen LogP contribution in [0.2, 0.25) is 0 Å². The highest BCUT2D eigenvalue weighted by Crippen LogP contribution is 2.48. The van der Waals surface area contributed by atoms with Gasteiger partial charge in [-0.05, 0) is 12.1 Å². The van der Waals surface area contributed by atoms with Crippen molar-refractivity contribution in [1.82, 2.24) is 9.29 Å². The van der Waals surface area contributed by atoms with Gasteiger partial charge in [0.1, 0.15) is 11.9 Å². The fourth-order valence-corrected chi connectivity index (χ4v) is 5.43. The molecule has 0 saturated carbocycles. The van der Waals surface area contributed by atoms with Crippen LogP contribution >= 0.6 is 11.8 Å². The fraction of sp³-hybridized carbons (Fsp3) is 0.571. The summed E-state index contributed by atoms with van der Waals surface area (Å²) in [6, 6.07) is 3.48. The SMILES string of the molecule is O=C(O)C(F)(F)F.O=S(=O)(N1CC2(CC(Oc3cccnc3)CS2)C1)C(F)(F)F. The van der Waals surface area contributed by atoms with Gasteiger partial charge >= 0.3 is 27.7 Å². The van der Waals surface area contributed by atoms with E-state index in [2.05, 4.69) is 4.98 Å². The maximum atomic E-state index is 12.5. The molecular formula is C14H14F6N2O5S2. The first kappa shape index (κ1) is 23.5. The van der Waals surface area contributed by atoms with E-state index in [1.165, 1.54) is 11.8 Å². The summed E-state index contributed by atoms with van der Waals surface area (Å²) in [7, 11) is -5.21. The van der Waals surface area contributed by atoms with Crippen molar-refractivity contribution in [2.24, 2.45) is 0 Å². The normalized spacial score (nSPS) is 21.8. The number of aliphatic carboxylic acids is 1. The number of carbonyl (C=O) groups is 1. The molecular weight excluding hydrogens is 454 g/mol. The van der Waals surface area contributed by atoms with Crippen molar-refractivity contribution in [3.05, 3.63) is 24.5 Å². The Morgan fingerprint density at radius 1 is 1.28 bits per heavy atom. The number of carboxylic acid groups (broad SMARTS) is 1. The van der Waals surface area contributed by atoms with E-state index in [1.807, 2.05) is 0 Å². The lowest BCUT2D eigenvalue weighted by Crippen LogP contribution is -2.62. The lowest BCUT2D eigenvalue weighted by Gasteiger charge is -2.46. The molecule has 0 aliphatic carbocycles. The van der Waals surface area contributed by atoms with Gasteiger partial charge in [-0.1, -0.05) is 0 Å². The van der Waals surface area contributed by atoms with Crippen LogP contribution in [-0.2, 0) is 14.8 Å². The van der Waals surface area contributed by atoms with Crippen molar-refractivity contribution in [3.63, 3.8) is 0 Å². The molecule has 2 saturated heterocycles. The van der Waals surface area contributed by atoms with E-state index in [4.69, 9.17) is 14.6 Å².